The number of allylic oxidation sites excluding steroid dienone is 2. The van der Waals surface area contributed by atoms with Crippen molar-refractivity contribution in [1.82, 2.24) is 0 Å². The number of rotatable bonds is 7. The van der Waals surface area contributed by atoms with Gasteiger partial charge in [0.1, 0.15) is 6.29 Å². The van der Waals surface area contributed by atoms with Gasteiger partial charge < -0.3 is 9.84 Å². The average Bonchev–Trinajstić information content (AvgIpc) is 2.18. The van der Waals surface area contributed by atoms with Crippen LogP contribution in [-0.4, -0.2) is 31.2 Å². The lowest BCUT2D eigenvalue weighted by molar-refractivity contribution is -0.104. The second-order valence-corrected chi connectivity index (χ2v) is 2.57. The van der Waals surface area contributed by atoms with Crippen LogP contribution in [-0.2, 0) is 9.53 Å². The van der Waals surface area contributed by atoms with Crippen molar-refractivity contribution in [1.29, 1.82) is 0 Å². The van der Waals surface area contributed by atoms with Crippen molar-refractivity contribution in [2.75, 3.05) is 19.8 Å². The summed E-state index contributed by atoms with van der Waals surface area (Å²) in [4.78, 5) is 9.83. The molecule has 0 aromatic heterocycles. The third-order valence-electron chi connectivity index (χ3n) is 1.33. The van der Waals surface area contributed by atoms with E-state index in [-0.39, 0.29) is 6.61 Å². The van der Waals surface area contributed by atoms with E-state index in [2.05, 4.69) is 0 Å². The van der Waals surface area contributed by atoms with Crippen molar-refractivity contribution in [3.05, 3.63) is 12.2 Å². The van der Waals surface area contributed by atoms with Crippen LogP contribution in [0.1, 0.15) is 33.1 Å². The van der Waals surface area contributed by atoms with E-state index in [4.69, 9.17) is 9.84 Å². The molecule has 0 bridgehead atoms. The molecule has 0 rings (SSSR count). The van der Waals surface area contributed by atoms with Gasteiger partial charge in [0.15, 0.2) is 0 Å². The molecule has 0 saturated heterocycles. The summed E-state index contributed by atoms with van der Waals surface area (Å²) in [5.41, 5.74) is 0. The minimum atomic E-state index is 0.250. The lowest BCUT2D eigenvalue weighted by Gasteiger charge is -1.97. The van der Waals surface area contributed by atoms with Crippen LogP contribution in [0.3, 0.4) is 0 Å². The summed E-state index contributed by atoms with van der Waals surface area (Å²) in [7, 11) is 0. The second-order valence-electron chi connectivity index (χ2n) is 2.57. The van der Waals surface area contributed by atoms with E-state index in [0.29, 0.717) is 0 Å². The van der Waals surface area contributed by atoms with Crippen LogP contribution in [0.4, 0.5) is 0 Å². The molecule has 0 aliphatic rings. The first-order valence-electron chi connectivity index (χ1n) is 5.12. The smallest absolute Gasteiger partial charge is 0.142 e. The van der Waals surface area contributed by atoms with Crippen LogP contribution in [0.2, 0.25) is 0 Å². The van der Waals surface area contributed by atoms with Gasteiger partial charge in [-0.2, -0.15) is 0 Å². The minimum Gasteiger partial charge on any atom is -0.397 e. The molecular weight excluding hydrogens is 180 g/mol. The Bertz CT molecular complexity index is 122. The fourth-order valence-electron chi connectivity index (χ4n) is 0.762. The van der Waals surface area contributed by atoms with E-state index in [1.165, 1.54) is 0 Å². The third kappa shape index (κ3) is 22.5. The first kappa shape index (κ1) is 15.8. The number of aliphatic hydroxyl groups excluding tert-OH is 1. The average molecular weight is 202 g/mol. The highest BCUT2D eigenvalue weighted by atomic mass is 16.5. The first-order valence-corrected chi connectivity index (χ1v) is 5.12. The molecule has 0 saturated carbocycles. The number of carbonyl (C=O) groups is 1. The zero-order chi connectivity index (χ0) is 11.1. The number of unbranched alkanes of at least 4 members (excludes halogenated alkanes) is 2. The van der Waals surface area contributed by atoms with Crippen molar-refractivity contribution >= 4 is 6.29 Å². The van der Waals surface area contributed by atoms with Crippen molar-refractivity contribution in [3.8, 4) is 0 Å². The van der Waals surface area contributed by atoms with Crippen LogP contribution in [0.25, 0.3) is 0 Å². The normalized spacial score (nSPS) is 9.64. The Morgan fingerprint density at radius 3 is 2.43 bits per heavy atom. The zero-order valence-corrected chi connectivity index (χ0v) is 9.24. The Kier molecular flexibility index (Phi) is 20.5. The Morgan fingerprint density at radius 2 is 1.93 bits per heavy atom. The van der Waals surface area contributed by atoms with Crippen LogP contribution in [0, 0.1) is 0 Å². The van der Waals surface area contributed by atoms with Crippen molar-refractivity contribution in [2.24, 2.45) is 0 Å². The summed E-state index contributed by atoms with van der Waals surface area (Å²) in [6.07, 6.45) is 7.40. The van der Waals surface area contributed by atoms with Gasteiger partial charge in [0.25, 0.3) is 0 Å². The summed E-state index contributed by atoms with van der Waals surface area (Å²) in [6, 6.07) is 0. The molecule has 1 N–H and O–H groups in total. The maximum Gasteiger partial charge on any atom is 0.142 e. The Hall–Kier alpha value is -0.670. The third-order valence-corrected chi connectivity index (χ3v) is 1.33. The first-order chi connectivity index (χ1) is 6.83. The molecule has 0 aliphatic carbocycles. The molecule has 0 aliphatic heterocycles. The second kappa shape index (κ2) is 18.2. The van der Waals surface area contributed by atoms with Gasteiger partial charge in [0, 0.05) is 19.8 Å². The number of ether oxygens (including phenoxy) is 1. The summed E-state index contributed by atoms with van der Waals surface area (Å²) < 4.78 is 5.15. The van der Waals surface area contributed by atoms with E-state index in [1.54, 1.807) is 13.0 Å². The van der Waals surface area contributed by atoms with Crippen LogP contribution < -0.4 is 0 Å². The van der Waals surface area contributed by atoms with Gasteiger partial charge in [-0.15, -0.1) is 0 Å². The zero-order valence-electron chi connectivity index (χ0n) is 9.24. The van der Waals surface area contributed by atoms with Crippen molar-refractivity contribution in [3.63, 3.8) is 0 Å². The molecule has 0 unspecified atom stereocenters. The maximum absolute atomic E-state index is 9.83. The van der Waals surface area contributed by atoms with Gasteiger partial charge in [-0.3, -0.25) is 4.79 Å². The molecule has 0 fully saturated rings. The summed E-state index contributed by atoms with van der Waals surface area (Å²) in [5, 5.41) is 7.57. The lowest BCUT2D eigenvalue weighted by atomic mass is 10.2. The SMILES string of the molecule is CCO.CCOCCCCC=CC=O. The lowest BCUT2D eigenvalue weighted by Crippen LogP contribution is -1.92. The monoisotopic (exact) mass is 202 g/mol. The van der Waals surface area contributed by atoms with Gasteiger partial charge in [0.05, 0.1) is 0 Å². The van der Waals surface area contributed by atoms with Crippen molar-refractivity contribution < 1.29 is 14.6 Å². The van der Waals surface area contributed by atoms with Crippen LogP contribution >= 0.6 is 0 Å². The van der Waals surface area contributed by atoms with Gasteiger partial charge in [-0.25, -0.2) is 0 Å². The Balaban J connectivity index is 0. The van der Waals surface area contributed by atoms with E-state index >= 15 is 0 Å². The summed E-state index contributed by atoms with van der Waals surface area (Å²) >= 11 is 0. The highest BCUT2D eigenvalue weighted by Crippen LogP contribution is 1.96. The molecule has 0 amide bonds. The molecule has 3 heteroatoms. The number of aliphatic hydroxyl groups is 1. The van der Waals surface area contributed by atoms with E-state index in [1.807, 2.05) is 13.0 Å². The molecule has 0 aromatic rings. The molecule has 0 atom stereocenters. The predicted molar refractivity (Wildman–Crippen MR) is 58.3 cm³/mol. The molecular formula is C11H22O3. The quantitative estimate of drug-likeness (QED) is 0.390. The molecule has 14 heavy (non-hydrogen) atoms. The summed E-state index contributed by atoms with van der Waals surface area (Å²) in [6.45, 7) is 5.56. The fraction of sp³-hybridized carbons (Fsp3) is 0.727. The number of aldehydes is 1. The highest BCUT2D eigenvalue weighted by molar-refractivity contribution is 5.64. The molecule has 0 heterocycles. The predicted octanol–water partition coefficient (Wildman–Crippen LogP) is 1.95. The van der Waals surface area contributed by atoms with E-state index in [0.717, 1.165) is 38.8 Å². The molecule has 0 spiro atoms. The van der Waals surface area contributed by atoms with E-state index < -0.39 is 0 Å². The summed E-state index contributed by atoms with van der Waals surface area (Å²) in [5.74, 6) is 0. The number of hydrogen-bond acceptors (Lipinski definition) is 3. The number of carbonyl (C=O) groups excluding carboxylic acids is 1. The topological polar surface area (TPSA) is 46.5 Å². The number of hydrogen-bond donors (Lipinski definition) is 1. The molecule has 0 radical (unpaired) electrons. The standard InChI is InChI=1S/C9H16O2.C2H6O/c1-2-11-9-7-5-3-4-6-8-10;1-2-3/h4,6,8H,2-3,5,7,9H2,1H3;3H,2H2,1H3. The molecule has 84 valence electrons. The largest absolute Gasteiger partial charge is 0.397 e. The molecule has 0 aromatic carbocycles. The van der Waals surface area contributed by atoms with Gasteiger partial charge in [0.2, 0.25) is 0 Å². The van der Waals surface area contributed by atoms with Gasteiger partial charge >= 0.3 is 0 Å². The maximum atomic E-state index is 9.83. The van der Waals surface area contributed by atoms with Crippen molar-refractivity contribution in [2.45, 2.75) is 33.1 Å². The fourth-order valence-corrected chi connectivity index (χ4v) is 0.762. The highest BCUT2D eigenvalue weighted by Gasteiger charge is 1.84. The van der Waals surface area contributed by atoms with Gasteiger partial charge in [-0.1, -0.05) is 6.08 Å². The van der Waals surface area contributed by atoms with Gasteiger partial charge in [-0.05, 0) is 39.2 Å². The van der Waals surface area contributed by atoms with Crippen LogP contribution in [0.15, 0.2) is 12.2 Å². The molecule has 3 nitrogen and oxygen atoms in total. The van der Waals surface area contributed by atoms with E-state index in [9.17, 15) is 4.79 Å². The Labute approximate surface area is 86.8 Å². The van der Waals surface area contributed by atoms with Crippen LogP contribution in [0.5, 0.6) is 0 Å². The Morgan fingerprint density at radius 1 is 1.29 bits per heavy atom. The minimum absolute atomic E-state index is 0.250.